The molecule has 0 saturated carbocycles. The first-order chi connectivity index (χ1) is 9.11. The van der Waals surface area contributed by atoms with Crippen LogP contribution in [0.3, 0.4) is 0 Å². The van der Waals surface area contributed by atoms with E-state index in [1.165, 1.54) is 0 Å². The van der Waals surface area contributed by atoms with Gasteiger partial charge in [-0.1, -0.05) is 36.0 Å². The second kappa shape index (κ2) is 5.75. The van der Waals surface area contributed by atoms with E-state index in [0.29, 0.717) is 5.56 Å². The third-order valence-electron chi connectivity index (χ3n) is 2.85. The molecular formula is C14H12BrNO2S. The lowest BCUT2D eigenvalue weighted by Gasteiger charge is -2.21. The number of hydrogen-bond donors (Lipinski definition) is 0. The quantitative estimate of drug-likeness (QED) is 0.628. The summed E-state index contributed by atoms with van der Waals surface area (Å²) in [6.07, 6.45) is 0.846. The van der Waals surface area contributed by atoms with Crippen LogP contribution in [0.1, 0.15) is 10.4 Å². The highest BCUT2D eigenvalue weighted by atomic mass is 79.9. The van der Waals surface area contributed by atoms with Gasteiger partial charge in [-0.25, -0.2) is 0 Å². The number of hydrogen-bond acceptors (Lipinski definition) is 4. The zero-order valence-corrected chi connectivity index (χ0v) is 12.9. The van der Waals surface area contributed by atoms with Gasteiger partial charge in [-0.05, 0) is 26.7 Å². The average molecular weight is 338 g/mol. The number of carbonyl (C=O) groups is 2. The number of carbonyl (C=O) groups excluding carboxylic acids is 2. The molecule has 0 amide bonds. The van der Waals surface area contributed by atoms with Crippen LogP contribution in [0.5, 0.6) is 0 Å². The third kappa shape index (κ3) is 2.40. The van der Waals surface area contributed by atoms with Gasteiger partial charge in [0, 0.05) is 24.1 Å². The molecule has 19 heavy (non-hydrogen) atoms. The molecule has 0 heterocycles. The number of rotatable bonds is 4. The predicted octanol–water partition coefficient (Wildman–Crippen LogP) is 3.76. The van der Waals surface area contributed by atoms with Gasteiger partial charge >= 0.3 is 0 Å². The van der Waals surface area contributed by atoms with Crippen molar-refractivity contribution in [2.24, 2.45) is 0 Å². The van der Waals surface area contributed by atoms with E-state index >= 15 is 0 Å². The molecule has 0 aliphatic carbocycles. The van der Waals surface area contributed by atoms with Crippen molar-refractivity contribution < 1.29 is 9.59 Å². The first-order valence-electron chi connectivity index (χ1n) is 5.58. The second-order valence-electron chi connectivity index (χ2n) is 4.18. The fraction of sp³-hybridized carbons (Fsp3) is 0.143. The Bertz CT molecular complexity index is 655. The molecule has 98 valence electrons. The minimum atomic E-state index is 0.605. The lowest BCUT2D eigenvalue weighted by molar-refractivity contribution is 0.112. The summed E-state index contributed by atoms with van der Waals surface area (Å²) < 4.78 is 0.842. The predicted molar refractivity (Wildman–Crippen MR) is 84.0 cm³/mol. The summed E-state index contributed by atoms with van der Waals surface area (Å²) >= 11 is 4.62. The van der Waals surface area contributed by atoms with Crippen molar-refractivity contribution >= 4 is 56.1 Å². The summed E-state index contributed by atoms with van der Waals surface area (Å²) in [7, 11) is 3.72. The van der Waals surface area contributed by atoms with Crippen LogP contribution in [-0.2, 0) is 4.79 Å². The molecular weight excluding hydrogens is 326 g/mol. The van der Waals surface area contributed by atoms with Gasteiger partial charge in [0.15, 0.2) is 11.9 Å². The third-order valence-corrected chi connectivity index (χ3v) is 4.67. The number of nitrogens with zero attached hydrogens (tertiary/aromatic N) is 1. The molecule has 2 aromatic rings. The van der Waals surface area contributed by atoms with Crippen LogP contribution in [0.25, 0.3) is 10.8 Å². The van der Waals surface area contributed by atoms with Crippen LogP contribution < -0.4 is 4.90 Å². The molecule has 0 unspecified atom stereocenters. The van der Waals surface area contributed by atoms with Gasteiger partial charge in [0.2, 0.25) is 0 Å². The van der Waals surface area contributed by atoms with Crippen LogP contribution in [0.4, 0.5) is 5.69 Å². The Labute approximate surface area is 124 Å². The van der Waals surface area contributed by atoms with E-state index in [1.807, 2.05) is 43.3 Å². The van der Waals surface area contributed by atoms with Crippen molar-refractivity contribution in [1.29, 1.82) is 0 Å². The van der Waals surface area contributed by atoms with Crippen molar-refractivity contribution in [3.63, 3.8) is 0 Å². The lowest BCUT2D eigenvalue weighted by Crippen LogP contribution is -2.13. The zero-order chi connectivity index (χ0) is 14.0. The maximum atomic E-state index is 11.5. The maximum absolute atomic E-state index is 11.5. The lowest BCUT2D eigenvalue weighted by atomic mass is 10.0. The maximum Gasteiger partial charge on any atom is 0.181 e. The average Bonchev–Trinajstić information content (AvgIpc) is 2.41. The van der Waals surface area contributed by atoms with Crippen molar-refractivity contribution in [1.82, 2.24) is 0 Å². The van der Waals surface area contributed by atoms with Crippen molar-refractivity contribution in [3.8, 4) is 0 Å². The highest BCUT2D eigenvalue weighted by Crippen LogP contribution is 2.43. The number of anilines is 1. The van der Waals surface area contributed by atoms with E-state index < -0.39 is 0 Å². The van der Waals surface area contributed by atoms with E-state index in [1.54, 1.807) is 0 Å². The first kappa shape index (κ1) is 14.1. The summed E-state index contributed by atoms with van der Waals surface area (Å²) in [6, 6.07) is 7.65. The minimum absolute atomic E-state index is 0.605. The van der Waals surface area contributed by atoms with E-state index in [0.717, 1.165) is 49.5 Å². The van der Waals surface area contributed by atoms with Crippen molar-refractivity contribution in [2.75, 3.05) is 19.0 Å². The van der Waals surface area contributed by atoms with Crippen LogP contribution in [0.15, 0.2) is 33.6 Å². The van der Waals surface area contributed by atoms with E-state index in [9.17, 15) is 9.59 Å². The van der Waals surface area contributed by atoms with Gasteiger partial charge < -0.3 is 4.90 Å². The van der Waals surface area contributed by atoms with Crippen LogP contribution in [0, 0.1) is 0 Å². The van der Waals surface area contributed by atoms with Crippen molar-refractivity contribution in [2.45, 2.75) is 4.90 Å². The van der Waals surface area contributed by atoms with E-state index in [2.05, 4.69) is 15.9 Å². The van der Waals surface area contributed by atoms with E-state index in [4.69, 9.17) is 0 Å². The smallest absolute Gasteiger partial charge is 0.181 e. The molecule has 0 radical (unpaired) electrons. The fourth-order valence-electron chi connectivity index (χ4n) is 2.10. The molecule has 0 aliphatic rings. The van der Waals surface area contributed by atoms with Crippen LogP contribution in [0.2, 0.25) is 0 Å². The number of aldehydes is 1. The molecule has 2 aromatic carbocycles. The SMILES string of the molecule is CN(C)c1c(SC=O)c(Br)c2ccccc2c1C=O. The first-order valence-corrected chi connectivity index (χ1v) is 7.26. The highest BCUT2D eigenvalue weighted by Gasteiger charge is 2.19. The highest BCUT2D eigenvalue weighted by molar-refractivity contribution is 9.10. The Kier molecular flexibility index (Phi) is 4.27. The Morgan fingerprint density at radius 2 is 1.79 bits per heavy atom. The molecule has 0 bridgehead atoms. The summed E-state index contributed by atoms with van der Waals surface area (Å²) in [5.41, 5.74) is 2.14. The number of fused-ring (bicyclic) bond motifs is 1. The Hall–Kier alpha value is -1.33. The molecule has 2 rings (SSSR count). The molecule has 0 spiro atoms. The summed E-state index contributed by atoms with van der Waals surface area (Å²) in [5.74, 6) is 0. The Morgan fingerprint density at radius 3 is 2.32 bits per heavy atom. The molecule has 0 aliphatic heterocycles. The Balaban J connectivity index is 2.97. The zero-order valence-electron chi connectivity index (χ0n) is 10.5. The normalized spacial score (nSPS) is 10.5. The second-order valence-corrected chi connectivity index (χ2v) is 5.81. The molecule has 3 nitrogen and oxygen atoms in total. The van der Waals surface area contributed by atoms with Gasteiger partial charge in [-0.3, -0.25) is 9.59 Å². The monoisotopic (exact) mass is 337 g/mol. The summed E-state index contributed by atoms with van der Waals surface area (Å²) in [6.45, 7) is 0. The topological polar surface area (TPSA) is 37.4 Å². The summed E-state index contributed by atoms with van der Waals surface area (Å²) in [5, 5.41) is 1.81. The van der Waals surface area contributed by atoms with Gasteiger partial charge in [-0.15, -0.1) is 0 Å². The van der Waals surface area contributed by atoms with Crippen LogP contribution >= 0.6 is 27.7 Å². The number of benzene rings is 2. The molecule has 0 fully saturated rings. The molecule has 0 aromatic heterocycles. The molecule has 0 saturated heterocycles. The fourth-order valence-corrected chi connectivity index (χ4v) is 3.63. The van der Waals surface area contributed by atoms with Crippen molar-refractivity contribution in [3.05, 3.63) is 34.3 Å². The Morgan fingerprint density at radius 1 is 1.16 bits per heavy atom. The molecule has 5 heteroatoms. The minimum Gasteiger partial charge on any atom is -0.376 e. The largest absolute Gasteiger partial charge is 0.376 e. The number of halogens is 1. The number of thioether (sulfide) groups is 1. The molecule has 0 N–H and O–H groups in total. The van der Waals surface area contributed by atoms with Crippen LogP contribution in [-0.4, -0.2) is 26.0 Å². The van der Waals surface area contributed by atoms with Gasteiger partial charge in [0.05, 0.1) is 10.6 Å². The summed E-state index contributed by atoms with van der Waals surface area (Å²) in [4.78, 5) is 25.0. The van der Waals surface area contributed by atoms with Gasteiger partial charge in [-0.2, -0.15) is 0 Å². The standard InChI is InChI=1S/C14H12BrNO2S/c1-16(2)13-11(7-17)9-5-3-4-6-10(9)12(15)14(13)19-8-18/h3-8H,1-2H3. The van der Waals surface area contributed by atoms with Gasteiger partial charge in [0.25, 0.3) is 0 Å². The molecule has 0 atom stereocenters. The van der Waals surface area contributed by atoms with Gasteiger partial charge in [0.1, 0.15) is 0 Å². The van der Waals surface area contributed by atoms with E-state index in [-0.39, 0.29) is 0 Å².